The Labute approximate surface area is 183 Å². The average Bonchev–Trinajstić information content (AvgIpc) is 3.18. The van der Waals surface area contributed by atoms with Crippen LogP contribution in [0.2, 0.25) is 0 Å². The zero-order valence-electron chi connectivity index (χ0n) is 18.1. The molecule has 1 heterocycles. The lowest BCUT2D eigenvalue weighted by molar-refractivity contribution is -0.117. The molecule has 0 saturated carbocycles. The average molecular weight is 426 g/mol. The highest BCUT2D eigenvalue weighted by atomic mass is 16.5. The maximum absolute atomic E-state index is 13.1. The van der Waals surface area contributed by atoms with E-state index < -0.39 is 12.1 Å². The maximum Gasteiger partial charge on any atom is 0.251 e. The fourth-order valence-electron chi connectivity index (χ4n) is 3.70. The number of nitrogens with one attached hydrogen (secondary N) is 1. The summed E-state index contributed by atoms with van der Waals surface area (Å²) in [4.78, 5) is 27.0. The number of hydrogen-bond donors (Lipinski definition) is 3. The molecule has 2 aromatic carbocycles. The molecule has 0 spiro atoms. The van der Waals surface area contributed by atoms with E-state index in [9.17, 15) is 14.7 Å². The van der Waals surface area contributed by atoms with Gasteiger partial charge in [-0.1, -0.05) is 30.3 Å². The molecule has 0 aromatic heterocycles. The van der Waals surface area contributed by atoms with E-state index in [-0.39, 0.29) is 24.5 Å². The first-order valence-corrected chi connectivity index (χ1v) is 10.7. The summed E-state index contributed by atoms with van der Waals surface area (Å²) in [6, 6.07) is 14.2. The molecule has 0 bridgehead atoms. The van der Waals surface area contributed by atoms with Crippen LogP contribution in [0.3, 0.4) is 0 Å². The number of amides is 2. The zero-order chi connectivity index (χ0) is 22.4. The summed E-state index contributed by atoms with van der Waals surface area (Å²) in [6.07, 6.45) is 0.768. The largest absolute Gasteiger partial charge is 0.491 e. The van der Waals surface area contributed by atoms with E-state index >= 15 is 0 Å². The van der Waals surface area contributed by atoms with Crippen LogP contribution in [0.15, 0.2) is 48.5 Å². The second kappa shape index (κ2) is 10.4. The molecule has 2 aromatic rings. The molecular weight excluding hydrogens is 394 g/mol. The lowest BCUT2D eigenvalue weighted by atomic mass is 10.0. The Morgan fingerprint density at radius 3 is 2.58 bits per heavy atom. The number of ether oxygens (including phenoxy) is 1. The normalized spacial score (nSPS) is 15.8. The summed E-state index contributed by atoms with van der Waals surface area (Å²) in [5.41, 5.74) is 7.68. The molecule has 3 rings (SSSR count). The number of rotatable bonds is 9. The molecule has 166 valence electrons. The highest BCUT2D eigenvalue weighted by molar-refractivity contribution is 5.99. The van der Waals surface area contributed by atoms with Crippen LogP contribution in [-0.4, -0.2) is 48.3 Å². The Bertz CT molecular complexity index is 901. The van der Waals surface area contributed by atoms with Crippen molar-refractivity contribution in [1.82, 2.24) is 5.32 Å². The summed E-state index contributed by atoms with van der Waals surface area (Å²) in [5.74, 6) is 0.209. The van der Waals surface area contributed by atoms with Gasteiger partial charge in [-0.25, -0.2) is 0 Å². The quantitative estimate of drug-likeness (QED) is 0.572. The van der Waals surface area contributed by atoms with Gasteiger partial charge >= 0.3 is 0 Å². The van der Waals surface area contributed by atoms with Crippen LogP contribution in [0.4, 0.5) is 5.69 Å². The van der Waals surface area contributed by atoms with Gasteiger partial charge in [-0.2, -0.15) is 0 Å². The number of aliphatic hydroxyl groups is 1. The van der Waals surface area contributed by atoms with Crippen LogP contribution in [0.5, 0.6) is 5.75 Å². The van der Waals surface area contributed by atoms with Crippen molar-refractivity contribution in [3.05, 3.63) is 59.7 Å². The van der Waals surface area contributed by atoms with Crippen LogP contribution in [0.1, 0.15) is 42.6 Å². The van der Waals surface area contributed by atoms with Crippen molar-refractivity contribution in [3.63, 3.8) is 0 Å². The number of carbonyl (C=O) groups excluding carboxylic acids is 2. The molecule has 0 aliphatic carbocycles. The Morgan fingerprint density at radius 1 is 1.23 bits per heavy atom. The van der Waals surface area contributed by atoms with Gasteiger partial charge in [0.2, 0.25) is 5.91 Å². The molecule has 7 nitrogen and oxygen atoms in total. The van der Waals surface area contributed by atoms with E-state index in [4.69, 9.17) is 10.5 Å². The fourth-order valence-corrected chi connectivity index (χ4v) is 3.70. The molecule has 1 aliphatic heterocycles. The first-order chi connectivity index (χ1) is 14.9. The van der Waals surface area contributed by atoms with Gasteiger partial charge in [0.05, 0.1) is 18.2 Å². The van der Waals surface area contributed by atoms with Crippen molar-refractivity contribution in [2.75, 3.05) is 18.0 Å². The lowest BCUT2D eigenvalue weighted by Crippen LogP contribution is -2.47. The lowest BCUT2D eigenvalue weighted by Gasteiger charge is -2.24. The molecule has 4 N–H and O–H groups in total. The van der Waals surface area contributed by atoms with Gasteiger partial charge < -0.3 is 25.8 Å². The molecule has 1 saturated heterocycles. The van der Waals surface area contributed by atoms with Crippen LogP contribution in [0.25, 0.3) is 0 Å². The monoisotopic (exact) mass is 425 g/mol. The standard InChI is InChI=1S/C24H31N3O4/c1-16(2)31-20-13-18(12-19(14-20)27-10-6-9-23(27)29)24(30)26-21(22(28)15-25)11-17-7-4-3-5-8-17/h3-5,7-8,12-14,16,21-22,28H,6,9-11,15,25H2,1-2H3,(H,26,30)/t21-,22+/m0/s1. The van der Waals surface area contributed by atoms with E-state index in [0.29, 0.717) is 36.4 Å². The van der Waals surface area contributed by atoms with Crippen molar-refractivity contribution in [3.8, 4) is 5.75 Å². The molecule has 31 heavy (non-hydrogen) atoms. The van der Waals surface area contributed by atoms with E-state index in [2.05, 4.69) is 5.32 Å². The molecule has 1 aliphatic rings. The van der Waals surface area contributed by atoms with Gasteiger partial charge in [0.1, 0.15) is 5.75 Å². The summed E-state index contributed by atoms with van der Waals surface area (Å²) in [6.45, 7) is 4.46. The third kappa shape index (κ3) is 6.06. The zero-order valence-corrected chi connectivity index (χ0v) is 18.1. The van der Waals surface area contributed by atoms with Gasteiger partial charge in [0.15, 0.2) is 0 Å². The SMILES string of the molecule is CC(C)Oc1cc(C(=O)N[C@@H](Cc2ccccc2)[C@H](O)CN)cc(N2CCCC2=O)c1. The third-order valence-corrected chi connectivity index (χ3v) is 5.23. The van der Waals surface area contributed by atoms with E-state index in [1.807, 2.05) is 44.2 Å². The van der Waals surface area contributed by atoms with Gasteiger partial charge in [-0.3, -0.25) is 9.59 Å². The molecule has 7 heteroatoms. The number of hydrogen-bond acceptors (Lipinski definition) is 5. The smallest absolute Gasteiger partial charge is 0.251 e. The molecule has 1 fully saturated rings. The van der Waals surface area contributed by atoms with Gasteiger partial charge in [0, 0.05) is 36.8 Å². The topological polar surface area (TPSA) is 105 Å². The van der Waals surface area contributed by atoms with Crippen LogP contribution >= 0.6 is 0 Å². The van der Waals surface area contributed by atoms with Crippen LogP contribution in [-0.2, 0) is 11.2 Å². The summed E-state index contributed by atoms with van der Waals surface area (Å²) >= 11 is 0. The minimum atomic E-state index is -0.890. The molecule has 0 radical (unpaired) electrons. The fraction of sp³-hybridized carbons (Fsp3) is 0.417. The Balaban J connectivity index is 1.86. The molecule has 0 unspecified atom stereocenters. The second-order valence-corrected chi connectivity index (χ2v) is 8.10. The van der Waals surface area contributed by atoms with Gasteiger partial charge in [0.25, 0.3) is 5.91 Å². The van der Waals surface area contributed by atoms with Gasteiger partial charge in [-0.15, -0.1) is 0 Å². The number of nitrogens with zero attached hydrogens (tertiary/aromatic N) is 1. The first kappa shape index (κ1) is 22.8. The highest BCUT2D eigenvalue weighted by Gasteiger charge is 2.25. The van der Waals surface area contributed by atoms with E-state index in [0.717, 1.165) is 12.0 Å². The second-order valence-electron chi connectivity index (χ2n) is 8.10. The number of anilines is 1. The van der Waals surface area contributed by atoms with Crippen molar-refractivity contribution in [2.45, 2.75) is 51.4 Å². The van der Waals surface area contributed by atoms with E-state index in [1.165, 1.54) is 0 Å². The Hall–Kier alpha value is -2.90. The third-order valence-electron chi connectivity index (χ3n) is 5.23. The van der Waals surface area contributed by atoms with Crippen LogP contribution < -0.4 is 20.7 Å². The minimum absolute atomic E-state index is 0.0296. The van der Waals surface area contributed by atoms with Crippen molar-refractivity contribution in [1.29, 1.82) is 0 Å². The summed E-state index contributed by atoms with van der Waals surface area (Å²) in [5, 5.41) is 13.3. The Kier molecular flexibility index (Phi) is 7.65. The van der Waals surface area contributed by atoms with Crippen molar-refractivity contribution >= 4 is 17.5 Å². The molecular formula is C24H31N3O4. The number of aliphatic hydroxyl groups excluding tert-OH is 1. The number of carbonyl (C=O) groups is 2. The predicted molar refractivity (Wildman–Crippen MR) is 120 cm³/mol. The van der Waals surface area contributed by atoms with Crippen LogP contribution in [0, 0.1) is 0 Å². The van der Waals surface area contributed by atoms with E-state index in [1.54, 1.807) is 23.1 Å². The van der Waals surface area contributed by atoms with Crippen molar-refractivity contribution in [2.24, 2.45) is 5.73 Å². The minimum Gasteiger partial charge on any atom is -0.491 e. The number of nitrogens with two attached hydrogens (primary N) is 1. The van der Waals surface area contributed by atoms with Crippen molar-refractivity contribution < 1.29 is 19.4 Å². The summed E-state index contributed by atoms with van der Waals surface area (Å²) < 4.78 is 5.82. The summed E-state index contributed by atoms with van der Waals surface area (Å²) in [7, 11) is 0. The molecule has 2 amide bonds. The first-order valence-electron chi connectivity index (χ1n) is 10.7. The predicted octanol–water partition coefficient (Wildman–Crippen LogP) is 2.26. The molecule has 2 atom stereocenters. The number of benzene rings is 2. The highest BCUT2D eigenvalue weighted by Crippen LogP contribution is 2.28. The maximum atomic E-state index is 13.1. The Morgan fingerprint density at radius 2 is 1.97 bits per heavy atom. The van der Waals surface area contributed by atoms with Gasteiger partial charge in [-0.05, 0) is 44.4 Å².